The average molecular weight is 255 g/mol. The Morgan fingerprint density at radius 1 is 1.12 bits per heavy atom. The fraction of sp³-hybridized carbons (Fsp3) is 0.750. The highest BCUT2D eigenvalue weighted by atomic mass is 19.5. The van der Waals surface area contributed by atoms with E-state index >= 15 is 0 Å². The molecule has 9 heteroatoms. The second kappa shape index (κ2) is 7.13. The van der Waals surface area contributed by atoms with Crippen LogP contribution in [-0.2, 0) is 0 Å². The predicted octanol–water partition coefficient (Wildman–Crippen LogP) is 3.53. The topological polar surface area (TPSA) is 40.0 Å². The van der Waals surface area contributed by atoms with E-state index in [1.807, 2.05) is 5.01 Å². The molecule has 0 aliphatic carbocycles. The first-order valence-corrected chi connectivity index (χ1v) is 5.36. The SMILES string of the molecule is CCC1=C(CC)N(CC)NN=N1.F[B-](F)(F)F. The van der Waals surface area contributed by atoms with Crippen LogP contribution in [-0.4, -0.2) is 18.8 Å². The zero-order chi connectivity index (χ0) is 13.5. The highest BCUT2D eigenvalue weighted by molar-refractivity contribution is 6.50. The van der Waals surface area contributed by atoms with Crippen LogP contribution in [0.15, 0.2) is 21.7 Å². The van der Waals surface area contributed by atoms with Gasteiger partial charge in [-0.1, -0.05) is 19.1 Å². The monoisotopic (exact) mass is 255 g/mol. The van der Waals surface area contributed by atoms with Crippen LogP contribution in [0.25, 0.3) is 0 Å². The number of rotatable bonds is 3. The van der Waals surface area contributed by atoms with Crippen molar-refractivity contribution in [3.63, 3.8) is 0 Å². The quantitative estimate of drug-likeness (QED) is 0.619. The number of hydrogen-bond donors (Lipinski definition) is 1. The predicted molar refractivity (Wildman–Crippen MR) is 58.2 cm³/mol. The van der Waals surface area contributed by atoms with E-state index in [1.54, 1.807) is 0 Å². The molecule has 0 amide bonds. The molecule has 0 spiro atoms. The molecule has 1 aliphatic heterocycles. The van der Waals surface area contributed by atoms with Crippen molar-refractivity contribution in [1.82, 2.24) is 10.5 Å². The van der Waals surface area contributed by atoms with Crippen LogP contribution in [0.2, 0.25) is 0 Å². The van der Waals surface area contributed by atoms with Gasteiger partial charge in [0.1, 0.15) is 0 Å². The third-order valence-electron chi connectivity index (χ3n) is 1.98. The second-order valence-electron chi connectivity index (χ2n) is 3.14. The molecule has 0 saturated heterocycles. The van der Waals surface area contributed by atoms with Gasteiger partial charge in [-0.15, -0.1) is 5.11 Å². The van der Waals surface area contributed by atoms with Gasteiger partial charge < -0.3 is 17.3 Å². The molecule has 0 bridgehead atoms. The molecule has 4 nitrogen and oxygen atoms in total. The summed E-state index contributed by atoms with van der Waals surface area (Å²) in [6.45, 7) is 7.25. The fourth-order valence-corrected chi connectivity index (χ4v) is 1.34. The lowest BCUT2D eigenvalue weighted by Gasteiger charge is -2.27. The van der Waals surface area contributed by atoms with E-state index in [0.717, 1.165) is 25.1 Å². The van der Waals surface area contributed by atoms with Crippen molar-refractivity contribution >= 4 is 7.25 Å². The van der Waals surface area contributed by atoms with E-state index in [-0.39, 0.29) is 0 Å². The molecule has 1 rings (SSSR count). The van der Waals surface area contributed by atoms with Crippen molar-refractivity contribution in [3.05, 3.63) is 11.4 Å². The molecule has 0 saturated carbocycles. The summed E-state index contributed by atoms with van der Waals surface area (Å²) in [5.74, 6) is 0. The summed E-state index contributed by atoms with van der Waals surface area (Å²) < 4.78 is 39.0. The molecule has 1 N–H and O–H groups in total. The largest absolute Gasteiger partial charge is 0.673 e. The zero-order valence-corrected chi connectivity index (χ0v) is 10.1. The molecular formula is C8H16BF4N4-. The minimum Gasteiger partial charge on any atom is -0.418 e. The molecule has 0 radical (unpaired) electrons. The Labute approximate surface area is 97.8 Å². The Bertz CT molecular complexity index is 284. The van der Waals surface area contributed by atoms with E-state index < -0.39 is 7.25 Å². The number of nitrogens with zero attached hydrogens (tertiary/aromatic N) is 3. The maximum Gasteiger partial charge on any atom is 0.673 e. The first-order chi connectivity index (χ1) is 7.83. The van der Waals surface area contributed by atoms with Gasteiger partial charge in [0.2, 0.25) is 0 Å². The molecule has 0 aromatic heterocycles. The van der Waals surface area contributed by atoms with Gasteiger partial charge in [-0.3, -0.25) is 5.01 Å². The number of allylic oxidation sites excluding steroid dienone is 2. The van der Waals surface area contributed by atoms with Crippen LogP contribution >= 0.6 is 0 Å². The molecule has 1 heterocycles. The smallest absolute Gasteiger partial charge is 0.418 e. The third kappa shape index (κ3) is 6.80. The summed E-state index contributed by atoms with van der Waals surface area (Å²) in [5.41, 5.74) is 5.22. The molecule has 17 heavy (non-hydrogen) atoms. The van der Waals surface area contributed by atoms with Gasteiger partial charge in [0.25, 0.3) is 0 Å². The van der Waals surface area contributed by atoms with E-state index in [2.05, 4.69) is 36.6 Å². The van der Waals surface area contributed by atoms with Crippen molar-refractivity contribution in [2.24, 2.45) is 10.3 Å². The molecule has 0 fully saturated rings. The van der Waals surface area contributed by atoms with Crippen molar-refractivity contribution in [2.45, 2.75) is 33.6 Å². The van der Waals surface area contributed by atoms with E-state index in [9.17, 15) is 17.3 Å². The first kappa shape index (κ1) is 15.7. The summed E-state index contributed by atoms with van der Waals surface area (Å²) in [6.07, 6.45) is 1.95. The van der Waals surface area contributed by atoms with Gasteiger partial charge >= 0.3 is 7.25 Å². The highest BCUT2D eigenvalue weighted by Crippen LogP contribution is 2.19. The molecule has 100 valence electrons. The van der Waals surface area contributed by atoms with Gasteiger partial charge in [0, 0.05) is 6.54 Å². The van der Waals surface area contributed by atoms with Crippen LogP contribution in [0, 0.1) is 0 Å². The number of nitrogens with one attached hydrogen (secondary N) is 1. The first-order valence-electron chi connectivity index (χ1n) is 5.36. The molecule has 0 aromatic rings. The van der Waals surface area contributed by atoms with Gasteiger partial charge in [-0.25, -0.2) is 0 Å². The Kier molecular flexibility index (Phi) is 6.59. The van der Waals surface area contributed by atoms with E-state index in [4.69, 9.17) is 0 Å². The van der Waals surface area contributed by atoms with Crippen LogP contribution < -0.4 is 5.53 Å². The molecule has 1 aliphatic rings. The minimum atomic E-state index is -6.00. The average Bonchev–Trinajstić information content (AvgIpc) is 2.25. The van der Waals surface area contributed by atoms with Crippen molar-refractivity contribution in [2.75, 3.05) is 6.54 Å². The summed E-state index contributed by atoms with van der Waals surface area (Å²) >= 11 is 0. The maximum atomic E-state index is 9.75. The zero-order valence-electron chi connectivity index (χ0n) is 10.1. The molecular weight excluding hydrogens is 239 g/mol. The summed E-state index contributed by atoms with van der Waals surface area (Å²) in [5, 5.41) is 9.91. The van der Waals surface area contributed by atoms with Crippen LogP contribution in [0.3, 0.4) is 0 Å². The normalized spacial score (nSPS) is 15.4. The standard InChI is InChI=1S/C8H16N4.BF4/c1-4-7-8(5-2)12(6-3)11-10-9-7;2-1(3,4)5/h4-6H2,1-3H3,(H,9,11);/q;-1. The summed E-state index contributed by atoms with van der Waals surface area (Å²) in [4.78, 5) is 0. The Hall–Kier alpha value is -1.28. The van der Waals surface area contributed by atoms with Crippen molar-refractivity contribution < 1.29 is 17.3 Å². The lowest BCUT2D eigenvalue weighted by Crippen LogP contribution is -2.35. The Balaban J connectivity index is 0.000000437. The second-order valence-corrected chi connectivity index (χ2v) is 3.14. The van der Waals surface area contributed by atoms with Gasteiger partial charge in [0.05, 0.1) is 11.4 Å². The van der Waals surface area contributed by atoms with Gasteiger partial charge in [-0.2, -0.15) is 5.53 Å². The van der Waals surface area contributed by atoms with Crippen molar-refractivity contribution in [1.29, 1.82) is 0 Å². The number of hydrogen-bond acceptors (Lipinski definition) is 4. The molecule has 0 unspecified atom stereocenters. The lowest BCUT2D eigenvalue weighted by atomic mass is 10.2. The minimum absolute atomic E-state index is 0.922. The number of halogens is 4. The number of hydrazine groups is 1. The van der Waals surface area contributed by atoms with E-state index in [1.165, 1.54) is 5.70 Å². The molecule has 0 atom stereocenters. The Morgan fingerprint density at radius 3 is 2.00 bits per heavy atom. The van der Waals surface area contributed by atoms with Crippen LogP contribution in [0.4, 0.5) is 17.3 Å². The molecule has 0 aromatic carbocycles. The highest BCUT2D eigenvalue weighted by Gasteiger charge is 2.20. The summed E-state index contributed by atoms with van der Waals surface area (Å²) in [6, 6.07) is 0. The Morgan fingerprint density at radius 2 is 1.65 bits per heavy atom. The third-order valence-corrected chi connectivity index (χ3v) is 1.98. The summed E-state index contributed by atoms with van der Waals surface area (Å²) in [7, 11) is -6.00. The van der Waals surface area contributed by atoms with Crippen LogP contribution in [0.1, 0.15) is 33.6 Å². The van der Waals surface area contributed by atoms with Gasteiger partial charge in [0.15, 0.2) is 0 Å². The fourth-order valence-electron chi connectivity index (χ4n) is 1.34. The van der Waals surface area contributed by atoms with Crippen molar-refractivity contribution in [3.8, 4) is 0 Å². The van der Waals surface area contributed by atoms with Gasteiger partial charge in [-0.05, 0) is 19.8 Å². The maximum absolute atomic E-state index is 9.75. The lowest BCUT2D eigenvalue weighted by molar-refractivity contribution is 0.231. The van der Waals surface area contributed by atoms with E-state index in [0.29, 0.717) is 0 Å². The van der Waals surface area contributed by atoms with Crippen LogP contribution in [0.5, 0.6) is 0 Å².